The molecule has 0 spiro atoms. The molecule has 2 aromatic heterocycles. The minimum absolute atomic E-state index is 0.0958. The summed E-state index contributed by atoms with van der Waals surface area (Å²) in [5.41, 5.74) is -0.215. The summed E-state index contributed by atoms with van der Waals surface area (Å²) in [6.07, 6.45) is 0.891. The molecule has 0 saturated heterocycles. The lowest BCUT2D eigenvalue weighted by Crippen LogP contribution is -2.08. The van der Waals surface area contributed by atoms with E-state index in [9.17, 15) is 9.59 Å². The van der Waals surface area contributed by atoms with Gasteiger partial charge in [-0.3, -0.25) is 9.78 Å². The molecule has 0 radical (unpaired) electrons. The van der Waals surface area contributed by atoms with Gasteiger partial charge in [-0.05, 0) is 29.8 Å². The van der Waals surface area contributed by atoms with Gasteiger partial charge in [-0.15, -0.1) is 10.2 Å². The molecule has 3 aromatic rings. The van der Waals surface area contributed by atoms with Gasteiger partial charge < -0.3 is 4.42 Å². The highest BCUT2D eigenvalue weighted by Gasteiger charge is 2.15. The molecule has 1 N–H and O–H groups in total. The molecule has 0 saturated carbocycles. The van der Waals surface area contributed by atoms with Crippen LogP contribution in [0.25, 0.3) is 22.4 Å². The summed E-state index contributed by atoms with van der Waals surface area (Å²) in [4.78, 5) is 33.2. The molecule has 118 valence electrons. The Balaban J connectivity index is 2.00. The van der Waals surface area contributed by atoms with Crippen molar-refractivity contribution in [2.24, 2.45) is 0 Å². The number of nitrogens with zero attached hydrogens (tertiary/aromatic N) is 3. The first-order chi connectivity index (χ1) is 11.2. The Kier molecular flexibility index (Phi) is 4.00. The number of hydrogen-bond donors (Lipinski definition) is 1. The fraction of sp³-hybridized carbons (Fsp3) is 0.214. The highest BCUT2D eigenvalue weighted by molar-refractivity contribution is 5.86. The van der Waals surface area contributed by atoms with Crippen LogP contribution >= 0.6 is 0 Å². The average Bonchev–Trinajstić information content (AvgIpc) is 3.06. The zero-order valence-electron chi connectivity index (χ0n) is 12.1. The molecule has 23 heavy (non-hydrogen) atoms. The van der Waals surface area contributed by atoms with E-state index in [2.05, 4.69) is 20.6 Å². The van der Waals surface area contributed by atoms with E-state index in [1.807, 2.05) is 6.92 Å². The van der Waals surface area contributed by atoms with Crippen molar-refractivity contribution in [3.63, 3.8) is 0 Å². The molecule has 3 rings (SSSR count). The maximum Gasteiger partial charge on any atom is 0.355 e. The van der Waals surface area contributed by atoms with Crippen molar-refractivity contribution in [2.45, 2.75) is 19.8 Å². The topological polar surface area (TPSA) is 120 Å². The molecule has 0 bridgehead atoms. The summed E-state index contributed by atoms with van der Waals surface area (Å²) in [6.45, 7) is 1.85. The second kappa shape index (κ2) is 6.26. The number of aromatic nitrogens is 4. The molecule has 0 aliphatic rings. The third kappa shape index (κ3) is 3.03. The summed E-state index contributed by atoms with van der Waals surface area (Å²) < 4.78 is 5.21. The second-order valence-electron chi connectivity index (χ2n) is 4.64. The van der Waals surface area contributed by atoms with Crippen molar-refractivity contribution in [1.82, 2.24) is 20.6 Å². The van der Waals surface area contributed by atoms with E-state index in [1.54, 1.807) is 18.2 Å². The van der Waals surface area contributed by atoms with Crippen LogP contribution in [-0.4, -0.2) is 26.6 Å². The molecule has 9 nitrogen and oxygen atoms in total. The van der Waals surface area contributed by atoms with Crippen molar-refractivity contribution in [2.75, 3.05) is 0 Å². The van der Waals surface area contributed by atoms with Gasteiger partial charge in [0.1, 0.15) is 11.1 Å². The zero-order chi connectivity index (χ0) is 16.2. The normalized spacial score (nSPS) is 10.7. The summed E-state index contributed by atoms with van der Waals surface area (Å²) in [5.74, 6) is -0.154. The molecule has 1 aromatic carbocycles. The first-order valence-corrected chi connectivity index (χ1v) is 6.87. The molecule has 0 unspecified atom stereocenters. The number of tetrazole rings is 1. The fourth-order valence-corrected chi connectivity index (χ4v) is 1.95. The van der Waals surface area contributed by atoms with Crippen LogP contribution in [0.15, 0.2) is 33.5 Å². The SMILES string of the molecule is CCCC(=O)OOc1cccc2oc(=O)c(-c3nn[nH]n3)cc12. The van der Waals surface area contributed by atoms with E-state index >= 15 is 0 Å². The summed E-state index contributed by atoms with van der Waals surface area (Å²) in [5, 5.41) is 13.6. The quantitative estimate of drug-likeness (QED) is 0.428. The van der Waals surface area contributed by atoms with Crippen LogP contribution in [0.1, 0.15) is 19.8 Å². The van der Waals surface area contributed by atoms with Gasteiger partial charge in [-0.25, -0.2) is 9.59 Å². The van der Waals surface area contributed by atoms with Crippen LogP contribution in [-0.2, 0) is 9.68 Å². The monoisotopic (exact) mass is 316 g/mol. The van der Waals surface area contributed by atoms with Gasteiger partial charge in [0, 0.05) is 6.42 Å². The van der Waals surface area contributed by atoms with E-state index in [0.29, 0.717) is 11.8 Å². The number of fused-ring (bicyclic) bond motifs is 1. The third-order valence-corrected chi connectivity index (χ3v) is 3.00. The van der Waals surface area contributed by atoms with Crippen molar-refractivity contribution in [1.29, 1.82) is 0 Å². The highest BCUT2D eigenvalue weighted by atomic mass is 17.2. The van der Waals surface area contributed by atoms with Crippen molar-refractivity contribution < 1.29 is 19.0 Å². The van der Waals surface area contributed by atoms with Crippen molar-refractivity contribution in [3.05, 3.63) is 34.7 Å². The Hall–Kier alpha value is -3.23. The van der Waals surface area contributed by atoms with E-state index in [0.717, 1.165) is 0 Å². The Morgan fingerprint density at radius 3 is 3.00 bits per heavy atom. The number of benzene rings is 1. The summed E-state index contributed by atoms with van der Waals surface area (Å²) >= 11 is 0. The smallest absolute Gasteiger partial charge is 0.355 e. The largest absolute Gasteiger partial charge is 0.422 e. The maximum atomic E-state index is 12.0. The summed E-state index contributed by atoms with van der Waals surface area (Å²) in [6, 6.07) is 6.29. The molecular weight excluding hydrogens is 304 g/mol. The summed E-state index contributed by atoms with van der Waals surface area (Å²) in [7, 11) is 0. The van der Waals surface area contributed by atoms with Gasteiger partial charge in [0.05, 0.1) is 5.39 Å². The Morgan fingerprint density at radius 1 is 1.39 bits per heavy atom. The molecular formula is C14H12N4O5. The first-order valence-electron chi connectivity index (χ1n) is 6.87. The number of hydrogen-bond acceptors (Lipinski definition) is 8. The Morgan fingerprint density at radius 2 is 2.26 bits per heavy atom. The number of H-pyrrole nitrogens is 1. The highest BCUT2D eigenvalue weighted by Crippen LogP contribution is 2.27. The molecule has 0 atom stereocenters. The minimum Gasteiger partial charge on any atom is -0.422 e. The predicted molar refractivity (Wildman–Crippen MR) is 77.3 cm³/mol. The van der Waals surface area contributed by atoms with Gasteiger partial charge in [-0.2, -0.15) is 5.21 Å². The standard InChI is InChI=1S/C14H12N4O5/c1-2-4-12(19)23-22-11-6-3-5-10-8(11)7-9(14(20)21-10)13-15-17-18-16-13/h3,5-7H,2,4H2,1H3,(H,15,16,17,18). The number of aromatic amines is 1. The molecule has 2 heterocycles. The second-order valence-corrected chi connectivity index (χ2v) is 4.64. The molecule has 0 fully saturated rings. The van der Waals surface area contributed by atoms with Crippen molar-refractivity contribution >= 4 is 16.9 Å². The number of rotatable bonds is 5. The van der Waals surface area contributed by atoms with E-state index in [-0.39, 0.29) is 29.1 Å². The third-order valence-electron chi connectivity index (χ3n) is 3.00. The van der Waals surface area contributed by atoms with Crippen LogP contribution in [0.3, 0.4) is 0 Å². The van der Waals surface area contributed by atoms with Gasteiger partial charge in [-0.1, -0.05) is 13.0 Å². The van der Waals surface area contributed by atoms with Crippen LogP contribution in [0.5, 0.6) is 5.75 Å². The van der Waals surface area contributed by atoms with Crippen LogP contribution in [0.2, 0.25) is 0 Å². The Labute approximate surface area is 129 Å². The number of nitrogens with one attached hydrogen (secondary N) is 1. The molecule has 0 amide bonds. The van der Waals surface area contributed by atoms with Crippen molar-refractivity contribution in [3.8, 4) is 17.1 Å². The van der Waals surface area contributed by atoms with Crippen LogP contribution in [0.4, 0.5) is 0 Å². The molecule has 0 aliphatic heterocycles. The average molecular weight is 316 g/mol. The number of carbonyl (C=O) groups is 1. The first kappa shape index (κ1) is 14.7. The van der Waals surface area contributed by atoms with Crippen LogP contribution < -0.4 is 10.5 Å². The predicted octanol–water partition coefficient (Wildman–Crippen LogP) is 1.61. The minimum atomic E-state index is -0.612. The van der Waals surface area contributed by atoms with Gasteiger partial charge in [0.25, 0.3) is 0 Å². The van der Waals surface area contributed by atoms with E-state index in [1.165, 1.54) is 6.07 Å². The van der Waals surface area contributed by atoms with E-state index < -0.39 is 11.6 Å². The van der Waals surface area contributed by atoms with E-state index in [4.69, 9.17) is 14.2 Å². The fourth-order valence-electron chi connectivity index (χ4n) is 1.95. The zero-order valence-corrected chi connectivity index (χ0v) is 12.1. The molecule has 9 heteroatoms. The lowest BCUT2D eigenvalue weighted by atomic mass is 10.1. The van der Waals surface area contributed by atoms with Gasteiger partial charge in [0.15, 0.2) is 5.75 Å². The van der Waals surface area contributed by atoms with Gasteiger partial charge >= 0.3 is 11.6 Å². The molecule has 0 aliphatic carbocycles. The lowest BCUT2D eigenvalue weighted by Gasteiger charge is -2.07. The lowest BCUT2D eigenvalue weighted by molar-refractivity contribution is -0.213. The van der Waals surface area contributed by atoms with Gasteiger partial charge in [0.2, 0.25) is 5.82 Å². The Bertz CT molecular complexity index is 888. The van der Waals surface area contributed by atoms with Crippen LogP contribution in [0, 0.1) is 0 Å². The number of carbonyl (C=O) groups excluding carboxylic acids is 1. The maximum absolute atomic E-state index is 12.0.